The van der Waals surface area contributed by atoms with Gasteiger partial charge in [0.15, 0.2) is 0 Å². The van der Waals surface area contributed by atoms with E-state index in [0.717, 1.165) is 11.1 Å². The molecule has 0 aromatic heterocycles. The molecule has 2 aromatic carbocycles. The Bertz CT molecular complexity index is 550. The van der Waals surface area contributed by atoms with Crippen molar-refractivity contribution >= 4 is 0 Å². The van der Waals surface area contributed by atoms with Crippen molar-refractivity contribution in [3.8, 4) is 0 Å². The lowest BCUT2D eigenvalue weighted by atomic mass is 9.85. The van der Waals surface area contributed by atoms with Crippen molar-refractivity contribution in [1.29, 1.82) is 0 Å². The molecular formula is C17H21NO. The highest BCUT2D eigenvalue weighted by molar-refractivity contribution is 5.34. The Morgan fingerprint density at radius 2 is 1.74 bits per heavy atom. The van der Waals surface area contributed by atoms with Crippen LogP contribution in [0.5, 0.6) is 0 Å². The zero-order valence-electron chi connectivity index (χ0n) is 11.6. The summed E-state index contributed by atoms with van der Waals surface area (Å²) >= 11 is 0. The van der Waals surface area contributed by atoms with Gasteiger partial charge in [0.2, 0.25) is 0 Å². The van der Waals surface area contributed by atoms with Crippen LogP contribution in [0.2, 0.25) is 0 Å². The molecule has 0 aliphatic rings. The predicted molar refractivity (Wildman–Crippen MR) is 79.0 cm³/mol. The van der Waals surface area contributed by atoms with Crippen molar-refractivity contribution in [3.63, 3.8) is 0 Å². The first-order chi connectivity index (χ1) is 9.05. The minimum absolute atomic E-state index is 0.213. The van der Waals surface area contributed by atoms with Crippen LogP contribution in [0.15, 0.2) is 48.5 Å². The van der Waals surface area contributed by atoms with E-state index in [0.29, 0.717) is 6.42 Å². The van der Waals surface area contributed by atoms with Gasteiger partial charge in [-0.25, -0.2) is 0 Å². The Morgan fingerprint density at radius 3 is 2.37 bits per heavy atom. The van der Waals surface area contributed by atoms with Gasteiger partial charge in [0.05, 0.1) is 0 Å². The van der Waals surface area contributed by atoms with Crippen molar-refractivity contribution < 1.29 is 5.11 Å². The van der Waals surface area contributed by atoms with Gasteiger partial charge in [-0.15, -0.1) is 0 Å². The fourth-order valence-corrected chi connectivity index (χ4v) is 2.35. The summed E-state index contributed by atoms with van der Waals surface area (Å²) in [6.07, 6.45) is 0.543. The number of aliphatic hydroxyl groups is 1. The van der Waals surface area contributed by atoms with Crippen LogP contribution in [0, 0.1) is 13.8 Å². The quantitative estimate of drug-likeness (QED) is 0.882. The van der Waals surface area contributed by atoms with E-state index in [9.17, 15) is 5.11 Å². The Balaban J connectivity index is 2.36. The molecule has 0 spiro atoms. The van der Waals surface area contributed by atoms with Crippen molar-refractivity contribution in [1.82, 2.24) is 0 Å². The highest BCUT2D eigenvalue weighted by atomic mass is 16.3. The summed E-state index contributed by atoms with van der Waals surface area (Å²) in [5.74, 6) is 0. The highest BCUT2D eigenvalue weighted by Crippen LogP contribution is 2.26. The average Bonchev–Trinajstić information content (AvgIpc) is 2.44. The second-order valence-corrected chi connectivity index (χ2v) is 5.21. The average molecular weight is 255 g/mol. The van der Waals surface area contributed by atoms with Gasteiger partial charge in [-0.1, -0.05) is 54.1 Å². The molecule has 0 saturated carbocycles. The van der Waals surface area contributed by atoms with Crippen molar-refractivity contribution in [2.75, 3.05) is 6.54 Å². The van der Waals surface area contributed by atoms with E-state index in [1.807, 2.05) is 30.3 Å². The fraction of sp³-hybridized carbons (Fsp3) is 0.294. The van der Waals surface area contributed by atoms with E-state index in [2.05, 4.69) is 32.0 Å². The molecule has 0 saturated heterocycles. The third-order valence-electron chi connectivity index (χ3n) is 3.64. The molecule has 0 heterocycles. The van der Waals surface area contributed by atoms with Crippen LogP contribution in [0.4, 0.5) is 0 Å². The van der Waals surface area contributed by atoms with Crippen LogP contribution in [0.25, 0.3) is 0 Å². The third-order valence-corrected chi connectivity index (χ3v) is 3.64. The number of nitrogens with two attached hydrogens (primary N) is 1. The third kappa shape index (κ3) is 3.03. The Kier molecular flexibility index (Phi) is 4.03. The molecule has 100 valence electrons. The van der Waals surface area contributed by atoms with Crippen molar-refractivity contribution in [2.45, 2.75) is 25.9 Å². The van der Waals surface area contributed by atoms with Crippen LogP contribution < -0.4 is 5.73 Å². The monoisotopic (exact) mass is 255 g/mol. The molecule has 1 unspecified atom stereocenters. The number of rotatable bonds is 4. The van der Waals surface area contributed by atoms with Gasteiger partial charge in [0, 0.05) is 13.0 Å². The summed E-state index contributed by atoms with van der Waals surface area (Å²) < 4.78 is 0. The van der Waals surface area contributed by atoms with E-state index in [1.165, 1.54) is 11.1 Å². The van der Waals surface area contributed by atoms with Gasteiger partial charge in [-0.3, -0.25) is 0 Å². The molecule has 0 radical (unpaired) electrons. The minimum Gasteiger partial charge on any atom is -0.383 e. The molecule has 2 nitrogen and oxygen atoms in total. The van der Waals surface area contributed by atoms with Crippen LogP contribution in [0.1, 0.15) is 22.3 Å². The van der Waals surface area contributed by atoms with Gasteiger partial charge >= 0.3 is 0 Å². The summed E-state index contributed by atoms with van der Waals surface area (Å²) in [6, 6.07) is 16.0. The largest absolute Gasteiger partial charge is 0.383 e. The lowest BCUT2D eigenvalue weighted by molar-refractivity contribution is 0.0461. The standard InChI is InChI=1S/C17H21NO/c1-13-8-9-14(2)15(10-13)11-17(19,12-18)16-6-4-3-5-7-16/h3-10,19H,11-12,18H2,1-2H3. The molecular weight excluding hydrogens is 234 g/mol. The zero-order chi connectivity index (χ0) is 13.9. The minimum atomic E-state index is -1.00. The Hall–Kier alpha value is -1.64. The van der Waals surface area contributed by atoms with E-state index < -0.39 is 5.60 Å². The van der Waals surface area contributed by atoms with Crippen LogP contribution in [0.3, 0.4) is 0 Å². The van der Waals surface area contributed by atoms with Gasteiger partial charge in [0.25, 0.3) is 0 Å². The predicted octanol–water partition coefficient (Wildman–Crippen LogP) is 2.69. The molecule has 0 fully saturated rings. The van der Waals surface area contributed by atoms with E-state index in [4.69, 9.17) is 5.73 Å². The second kappa shape index (κ2) is 5.55. The van der Waals surface area contributed by atoms with E-state index >= 15 is 0 Å². The number of hydrogen-bond acceptors (Lipinski definition) is 2. The molecule has 0 amide bonds. The van der Waals surface area contributed by atoms with Crippen LogP contribution in [-0.4, -0.2) is 11.7 Å². The molecule has 0 aliphatic heterocycles. The summed E-state index contributed by atoms with van der Waals surface area (Å²) in [4.78, 5) is 0. The maximum Gasteiger partial charge on any atom is 0.106 e. The van der Waals surface area contributed by atoms with Gasteiger partial charge in [-0.05, 0) is 30.5 Å². The topological polar surface area (TPSA) is 46.2 Å². The lowest BCUT2D eigenvalue weighted by Gasteiger charge is -2.28. The Labute approximate surface area is 114 Å². The van der Waals surface area contributed by atoms with Gasteiger partial charge in [-0.2, -0.15) is 0 Å². The number of aryl methyl sites for hydroxylation is 2. The first kappa shape index (κ1) is 13.8. The van der Waals surface area contributed by atoms with Crippen LogP contribution >= 0.6 is 0 Å². The number of benzene rings is 2. The highest BCUT2D eigenvalue weighted by Gasteiger charge is 2.28. The SMILES string of the molecule is Cc1ccc(C)c(CC(O)(CN)c2ccccc2)c1. The maximum absolute atomic E-state index is 10.8. The molecule has 1 atom stereocenters. The van der Waals surface area contributed by atoms with Crippen molar-refractivity contribution in [2.24, 2.45) is 5.73 Å². The summed E-state index contributed by atoms with van der Waals surface area (Å²) in [5, 5.41) is 10.8. The van der Waals surface area contributed by atoms with E-state index in [-0.39, 0.29) is 6.54 Å². The number of hydrogen-bond donors (Lipinski definition) is 2. The molecule has 2 aromatic rings. The smallest absolute Gasteiger partial charge is 0.106 e. The second-order valence-electron chi connectivity index (χ2n) is 5.21. The fourth-order valence-electron chi connectivity index (χ4n) is 2.35. The Morgan fingerprint density at radius 1 is 1.05 bits per heavy atom. The first-order valence-electron chi connectivity index (χ1n) is 6.59. The first-order valence-corrected chi connectivity index (χ1v) is 6.59. The summed E-state index contributed by atoms with van der Waals surface area (Å²) in [6.45, 7) is 4.34. The molecule has 0 bridgehead atoms. The zero-order valence-corrected chi connectivity index (χ0v) is 11.6. The summed E-state index contributed by atoms with van der Waals surface area (Å²) in [5.41, 5.74) is 9.24. The molecule has 2 rings (SSSR count). The molecule has 0 aliphatic carbocycles. The summed E-state index contributed by atoms with van der Waals surface area (Å²) in [7, 11) is 0. The maximum atomic E-state index is 10.8. The van der Waals surface area contributed by atoms with Crippen LogP contribution in [-0.2, 0) is 12.0 Å². The molecule has 3 N–H and O–H groups in total. The van der Waals surface area contributed by atoms with Gasteiger partial charge < -0.3 is 10.8 Å². The molecule has 2 heteroatoms. The molecule has 19 heavy (non-hydrogen) atoms. The normalized spacial score (nSPS) is 14.1. The van der Waals surface area contributed by atoms with Gasteiger partial charge in [0.1, 0.15) is 5.60 Å². The van der Waals surface area contributed by atoms with E-state index in [1.54, 1.807) is 0 Å². The lowest BCUT2D eigenvalue weighted by Crippen LogP contribution is -2.37. The van der Waals surface area contributed by atoms with Crippen molar-refractivity contribution in [3.05, 3.63) is 70.8 Å².